The monoisotopic (exact) mass is 439 g/mol. The summed E-state index contributed by atoms with van der Waals surface area (Å²) in [5.74, 6) is 1.11. The number of piperidine rings is 1. The number of ether oxygens (including phenoxy) is 4. The zero-order valence-electron chi connectivity index (χ0n) is 18.8. The number of nitrogens with zero attached hydrogens (tertiary/aromatic N) is 1. The Balaban J connectivity index is 1.56. The number of likely N-dealkylation sites (tertiary alicyclic amines) is 1. The molecular formula is C25H29NO6. The minimum Gasteiger partial charge on any atom is -0.490 e. The Labute approximate surface area is 188 Å². The van der Waals surface area contributed by atoms with Gasteiger partial charge in [0.2, 0.25) is 5.75 Å². The summed E-state index contributed by atoms with van der Waals surface area (Å²) in [7, 11) is 0. The minimum absolute atomic E-state index is 0.109. The van der Waals surface area contributed by atoms with Gasteiger partial charge in [0, 0.05) is 37.1 Å². The SMILES string of the molecule is CCOc1cc(C(=O)N2CCC3(CC2)OC(=O)c2ccccc23)cc(OCC)c1OCC. The van der Waals surface area contributed by atoms with Gasteiger partial charge in [-0.3, -0.25) is 4.79 Å². The first kappa shape index (κ1) is 22.0. The van der Waals surface area contributed by atoms with Crippen molar-refractivity contribution in [2.75, 3.05) is 32.9 Å². The van der Waals surface area contributed by atoms with Gasteiger partial charge in [-0.2, -0.15) is 0 Å². The van der Waals surface area contributed by atoms with Crippen molar-refractivity contribution in [3.05, 3.63) is 53.1 Å². The van der Waals surface area contributed by atoms with Crippen LogP contribution >= 0.6 is 0 Å². The van der Waals surface area contributed by atoms with Crippen molar-refractivity contribution in [3.8, 4) is 17.2 Å². The Bertz CT molecular complexity index is 982. The quantitative estimate of drug-likeness (QED) is 0.603. The van der Waals surface area contributed by atoms with Gasteiger partial charge < -0.3 is 23.8 Å². The fourth-order valence-electron chi connectivity index (χ4n) is 4.48. The van der Waals surface area contributed by atoms with Crippen molar-refractivity contribution in [1.82, 2.24) is 4.90 Å². The highest BCUT2D eigenvalue weighted by Gasteiger charge is 2.47. The summed E-state index contributed by atoms with van der Waals surface area (Å²) in [5.41, 5.74) is 1.40. The molecular weight excluding hydrogens is 410 g/mol. The molecule has 1 spiro atoms. The summed E-state index contributed by atoms with van der Waals surface area (Å²) in [5, 5.41) is 0. The van der Waals surface area contributed by atoms with Crippen LogP contribution in [-0.4, -0.2) is 49.7 Å². The Morgan fingerprint density at radius 3 is 2.16 bits per heavy atom. The first-order valence-corrected chi connectivity index (χ1v) is 11.2. The summed E-state index contributed by atoms with van der Waals surface area (Å²) >= 11 is 0. The van der Waals surface area contributed by atoms with Gasteiger partial charge in [-0.1, -0.05) is 18.2 Å². The molecule has 0 N–H and O–H groups in total. The highest BCUT2D eigenvalue weighted by Crippen LogP contribution is 2.44. The van der Waals surface area contributed by atoms with Crippen molar-refractivity contribution in [3.63, 3.8) is 0 Å². The molecule has 1 fully saturated rings. The van der Waals surface area contributed by atoms with Crippen LogP contribution < -0.4 is 14.2 Å². The Hall–Kier alpha value is -3.22. The zero-order valence-corrected chi connectivity index (χ0v) is 18.8. The second-order valence-electron chi connectivity index (χ2n) is 7.82. The van der Waals surface area contributed by atoms with Gasteiger partial charge in [0.25, 0.3) is 5.91 Å². The van der Waals surface area contributed by atoms with Crippen LogP contribution in [0.5, 0.6) is 17.2 Å². The molecule has 0 saturated carbocycles. The number of carbonyl (C=O) groups is 2. The van der Waals surface area contributed by atoms with Crippen molar-refractivity contribution in [2.24, 2.45) is 0 Å². The topological polar surface area (TPSA) is 74.3 Å². The molecule has 0 atom stereocenters. The molecule has 2 aromatic rings. The molecule has 0 bridgehead atoms. The highest BCUT2D eigenvalue weighted by atomic mass is 16.6. The first-order chi connectivity index (χ1) is 15.5. The number of esters is 1. The van der Waals surface area contributed by atoms with E-state index < -0.39 is 5.60 Å². The third-order valence-electron chi connectivity index (χ3n) is 5.94. The summed E-state index contributed by atoms with van der Waals surface area (Å²) in [4.78, 5) is 27.5. The fourth-order valence-corrected chi connectivity index (χ4v) is 4.48. The molecule has 0 aliphatic carbocycles. The zero-order chi connectivity index (χ0) is 22.7. The van der Waals surface area contributed by atoms with Crippen LogP contribution in [-0.2, 0) is 10.3 Å². The van der Waals surface area contributed by atoms with E-state index in [-0.39, 0.29) is 11.9 Å². The van der Waals surface area contributed by atoms with Gasteiger partial charge in [0.05, 0.1) is 25.4 Å². The maximum atomic E-state index is 13.4. The first-order valence-electron chi connectivity index (χ1n) is 11.2. The highest BCUT2D eigenvalue weighted by molar-refractivity contribution is 5.96. The van der Waals surface area contributed by atoms with Crippen LogP contribution in [0.3, 0.4) is 0 Å². The third kappa shape index (κ3) is 3.87. The molecule has 1 saturated heterocycles. The van der Waals surface area contributed by atoms with Gasteiger partial charge in [0.15, 0.2) is 11.5 Å². The van der Waals surface area contributed by atoms with Crippen LogP contribution in [0.15, 0.2) is 36.4 Å². The van der Waals surface area contributed by atoms with Crippen molar-refractivity contribution < 1.29 is 28.5 Å². The Kier molecular flexibility index (Phi) is 6.26. The third-order valence-corrected chi connectivity index (χ3v) is 5.94. The molecule has 7 heteroatoms. The number of amides is 1. The van der Waals surface area contributed by atoms with E-state index in [0.717, 1.165) is 5.56 Å². The molecule has 7 nitrogen and oxygen atoms in total. The minimum atomic E-state index is -0.643. The van der Waals surface area contributed by atoms with Crippen LogP contribution in [0.4, 0.5) is 0 Å². The predicted molar refractivity (Wildman–Crippen MR) is 119 cm³/mol. The van der Waals surface area contributed by atoms with Crippen molar-refractivity contribution in [1.29, 1.82) is 0 Å². The summed E-state index contributed by atoms with van der Waals surface area (Å²) in [6.07, 6.45) is 1.13. The average molecular weight is 440 g/mol. The standard InChI is InChI=1S/C25H29NO6/c1-4-29-20-15-17(16-21(30-5-2)22(20)31-6-3)23(27)26-13-11-25(12-14-26)19-10-8-7-9-18(19)24(28)32-25/h7-10,15-16H,4-6,11-14H2,1-3H3. The molecule has 2 aliphatic heterocycles. The summed E-state index contributed by atoms with van der Waals surface area (Å²) in [6, 6.07) is 10.9. The van der Waals surface area contributed by atoms with E-state index >= 15 is 0 Å². The number of fused-ring (bicyclic) bond motifs is 2. The van der Waals surface area contributed by atoms with Gasteiger partial charge in [-0.15, -0.1) is 0 Å². The van der Waals surface area contributed by atoms with Gasteiger partial charge in [0.1, 0.15) is 5.60 Å². The van der Waals surface area contributed by atoms with Gasteiger partial charge in [-0.05, 0) is 39.0 Å². The molecule has 2 aromatic carbocycles. The van der Waals surface area contributed by atoms with E-state index in [1.165, 1.54) is 0 Å². The van der Waals surface area contributed by atoms with E-state index in [0.29, 0.717) is 74.1 Å². The van der Waals surface area contributed by atoms with E-state index in [4.69, 9.17) is 18.9 Å². The van der Waals surface area contributed by atoms with Crippen LogP contribution in [0.25, 0.3) is 0 Å². The molecule has 1 amide bonds. The number of hydrogen-bond donors (Lipinski definition) is 0. The lowest BCUT2D eigenvalue weighted by Gasteiger charge is -2.38. The van der Waals surface area contributed by atoms with Crippen LogP contribution in [0.1, 0.15) is 59.9 Å². The fraction of sp³-hybridized carbons (Fsp3) is 0.440. The molecule has 2 heterocycles. The summed E-state index contributed by atoms with van der Waals surface area (Å²) in [6.45, 7) is 7.98. The van der Waals surface area contributed by atoms with Gasteiger partial charge >= 0.3 is 5.97 Å². The largest absolute Gasteiger partial charge is 0.490 e. The maximum Gasteiger partial charge on any atom is 0.339 e. The lowest BCUT2D eigenvalue weighted by Crippen LogP contribution is -2.45. The average Bonchev–Trinajstić information content (AvgIpc) is 3.07. The lowest BCUT2D eigenvalue weighted by molar-refractivity contribution is -0.0389. The van der Waals surface area contributed by atoms with Crippen molar-refractivity contribution in [2.45, 2.75) is 39.2 Å². The van der Waals surface area contributed by atoms with Crippen LogP contribution in [0, 0.1) is 0 Å². The Morgan fingerprint density at radius 2 is 1.56 bits per heavy atom. The molecule has 0 radical (unpaired) electrons. The second-order valence-corrected chi connectivity index (χ2v) is 7.82. The second kappa shape index (κ2) is 9.10. The molecule has 2 aliphatic rings. The van der Waals surface area contributed by atoms with E-state index in [9.17, 15) is 9.59 Å². The number of hydrogen-bond acceptors (Lipinski definition) is 6. The van der Waals surface area contributed by atoms with E-state index in [1.807, 2.05) is 39.0 Å². The number of carbonyl (C=O) groups excluding carboxylic acids is 2. The predicted octanol–water partition coefficient (Wildman–Crippen LogP) is 4.18. The number of rotatable bonds is 7. The summed E-state index contributed by atoms with van der Waals surface area (Å²) < 4.78 is 23.0. The van der Waals surface area contributed by atoms with Crippen molar-refractivity contribution >= 4 is 11.9 Å². The number of benzene rings is 2. The molecule has 170 valence electrons. The molecule has 4 rings (SSSR count). The van der Waals surface area contributed by atoms with E-state index in [2.05, 4.69) is 0 Å². The molecule has 0 aromatic heterocycles. The lowest BCUT2D eigenvalue weighted by atomic mass is 9.83. The maximum absolute atomic E-state index is 13.4. The Morgan fingerprint density at radius 1 is 0.969 bits per heavy atom. The molecule has 32 heavy (non-hydrogen) atoms. The van der Waals surface area contributed by atoms with Crippen LogP contribution in [0.2, 0.25) is 0 Å². The molecule has 0 unspecified atom stereocenters. The van der Waals surface area contributed by atoms with E-state index in [1.54, 1.807) is 23.1 Å². The van der Waals surface area contributed by atoms with Gasteiger partial charge in [-0.25, -0.2) is 4.79 Å². The smallest absolute Gasteiger partial charge is 0.339 e. The normalized spacial score (nSPS) is 16.5.